The van der Waals surface area contributed by atoms with Crippen molar-refractivity contribution in [3.8, 4) is 62.1 Å². The van der Waals surface area contributed by atoms with Crippen LogP contribution in [0.4, 0.5) is 0 Å². The third-order valence-corrected chi connectivity index (χ3v) is 13.3. The molecule has 13 rings (SSSR count). The third kappa shape index (κ3) is 6.12. The standard InChI is InChI=1S/C61H40N4O/c1-37-14-6-11-21-47(37)48-29-28-46(32-38(48)2)60-62-59(41-26-24-40(25-27-41)39-15-4-3-5-16-39)63-61(64-60)50-30-31-55-57(52-34-43-18-8-10-20-45(43)36-56(52)66-55)58(50)65-53-23-13-12-22-49(53)51-33-42-17-7-9-19-44(42)35-54(51)65/h3-36H,1-2H3. The number of para-hydroxylation sites is 1. The van der Waals surface area contributed by atoms with Crippen LogP contribution in [0.1, 0.15) is 11.1 Å². The number of aromatic nitrogens is 4. The minimum Gasteiger partial charge on any atom is -0.456 e. The molecule has 5 nitrogen and oxygen atoms in total. The first-order valence-corrected chi connectivity index (χ1v) is 22.4. The third-order valence-electron chi connectivity index (χ3n) is 13.3. The van der Waals surface area contributed by atoms with Crippen LogP contribution in [-0.4, -0.2) is 19.5 Å². The van der Waals surface area contributed by atoms with E-state index in [9.17, 15) is 0 Å². The molecule has 66 heavy (non-hydrogen) atoms. The molecule has 0 aliphatic rings. The molecule has 0 spiro atoms. The monoisotopic (exact) mass is 844 g/mol. The minimum absolute atomic E-state index is 0.571. The number of rotatable bonds is 6. The van der Waals surface area contributed by atoms with Gasteiger partial charge in [-0.15, -0.1) is 0 Å². The van der Waals surface area contributed by atoms with Gasteiger partial charge in [-0.25, -0.2) is 15.0 Å². The normalized spacial score (nSPS) is 11.8. The zero-order valence-corrected chi connectivity index (χ0v) is 36.3. The number of furan rings is 1. The van der Waals surface area contributed by atoms with Crippen molar-refractivity contribution >= 4 is 65.3 Å². The molecule has 13 aromatic rings. The Labute approximate surface area is 380 Å². The van der Waals surface area contributed by atoms with Crippen LogP contribution in [0.3, 0.4) is 0 Å². The SMILES string of the molecule is Cc1ccccc1-c1ccc(-c2nc(-c3ccc(-c4ccccc4)cc3)nc(-c3ccc4oc5cc6ccccc6cc5c4c3-n3c4ccccc4c4cc5ccccc5cc43)n2)cc1C. The molecule has 0 fully saturated rings. The first kappa shape index (κ1) is 37.8. The van der Waals surface area contributed by atoms with E-state index in [-0.39, 0.29) is 0 Å². The Morgan fingerprint density at radius 3 is 1.67 bits per heavy atom. The van der Waals surface area contributed by atoms with Gasteiger partial charge >= 0.3 is 0 Å². The highest BCUT2D eigenvalue weighted by Gasteiger charge is 2.25. The molecule has 5 heteroatoms. The van der Waals surface area contributed by atoms with E-state index < -0.39 is 0 Å². The molecular weight excluding hydrogens is 805 g/mol. The summed E-state index contributed by atoms with van der Waals surface area (Å²) in [5.41, 5.74) is 14.5. The van der Waals surface area contributed by atoms with E-state index in [4.69, 9.17) is 19.4 Å². The fraction of sp³-hybridized carbons (Fsp3) is 0.0328. The molecule has 0 aliphatic heterocycles. The molecule has 3 heterocycles. The largest absolute Gasteiger partial charge is 0.456 e. The van der Waals surface area contributed by atoms with Crippen LogP contribution in [0.15, 0.2) is 211 Å². The molecule has 0 saturated carbocycles. The summed E-state index contributed by atoms with van der Waals surface area (Å²) in [7, 11) is 0. The molecule has 10 aromatic carbocycles. The predicted octanol–water partition coefficient (Wildman–Crippen LogP) is 16.1. The van der Waals surface area contributed by atoms with Crippen LogP contribution < -0.4 is 0 Å². The van der Waals surface area contributed by atoms with Crippen LogP contribution in [0.2, 0.25) is 0 Å². The van der Waals surface area contributed by atoms with Crippen LogP contribution in [0.25, 0.3) is 127 Å². The van der Waals surface area contributed by atoms with Crippen molar-refractivity contribution < 1.29 is 4.42 Å². The second-order valence-corrected chi connectivity index (χ2v) is 17.3. The van der Waals surface area contributed by atoms with E-state index in [0.717, 1.165) is 82.8 Å². The topological polar surface area (TPSA) is 56.7 Å². The van der Waals surface area contributed by atoms with Crippen LogP contribution in [-0.2, 0) is 0 Å². The van der Waals surface area contributed by atoms with E-state index in [2.05, 4.69) is 219 Å². The van der Waals surface area contributed by atoms with Crippen molar-refractivity contribution in [2.75, 3.05) is 0 Å². The lowest BCUT2D eigenvalue weighted by Gasteiger charge is -2.17. The molecule has 0 saturated heterocycles. The number of fused-ring (bicyclic) bond motifs is 8. The maximum Gasteiger partial charge on any atom is 0.166 e. The van der Waals surface area contributed by atoms with E-state index >= 15 is 0 Å². The van der Waals surface area contributed by atoms with Gasteiger partial charge in [0.1, 0.15) is 11.2 Å². The number of aryl methyl sites for hydroxylation is 2. The quantitative estimate of drug-likeness (QED) is 0.167. The van der Waals surface area contributed by atoms with Crippen LogP contribution in [0.5, 0.6) is 0 Å². The fourth-order valence-electron chi connectivity index (χ4n) is 10.0. The van der Waals surface area contributed by atoms with Gasteiger partial charge in [-0.1, -0.05) is 158 Å². The summed E-state index contributed by atoms with van der Waals surface area (Å²) in [6.45, 7) is 4.33. The molecule has 0 amide bonds. The van der Waals surface area contributed by atoms with Gasteiger partial charge in [-0.2, -0.15) is 0 Å². The van der Waals surface area contributed by atoms with Gasteiger partial charge in [0, 0.05) is 32.8 Å². The Morgan fingerprint density at radius 1 is 0.348 bits per heavy atom. The van der Waals surface area contributed by atoms with E-state index in [1.807, 2.05) is 6.07 Å². The zero-order valence-electron chi connectivity index (χ0n) is 36.3. The first-order valence-electron chi connectivity index (χ1n) is 22.4. The second-order valence-electron chi connectivity index (χ2n) is 17.3. The molecule has 3 aromatic heterocycles. The lowest BCUT2D eigenvalue weighted by Crippen LogP contribution is -2.04. The Bertz CT molecular complexity index is 4070. The second kappa shape index (κ2) is 15.0. The smallest absolute Gasteiger partial charge is 0.166 e. The molecule has 0 aliphatic carbocycles. The number of benzene rings is 10. The highest BCUT2D eigenvalue weighted by molar-refractivity contribution is 6.19. The number of hydrogen-bond acceptors (Lipinski definition) is 4. The van der Waals surface area contributed by atoms with Crippen molar-refractivity contribution in [2.45, 2.75) is 13.8 Å². The van der Waals surface area contributed by atoms with Gasteiger partial charge < -0.3 is 8.98 Å². The van der Waals surface area contributed by atoms with Crippen LogP contribution >= 0.6 is 0 Å². The number of nitrogens with zero attached hydrogens (tertiary/aromatic N) is 4. The van der Waals surface area contributed by atoms with Gasteiger partial charge in [0.2, 0.25) is 0 Å². The Balaban J connectivity index is 1.12. The first-order chi connectivity index (χ1) is 32.5. The highest BCUT2D eigenvalue weighted by Crippen LogP contribution is 2.45. The predicted molar refractivity (Wildman–Crippen MR) is 273 cm³/mol. The summed E-state index contributed by atoms with van der Waals surface area (Å²) in [6.07, 6.45) is 0. The Kier molecular flexibility index (Phi) is 8.58. The fourth-order valence-corrected chi connectivity index (χ4v) is 10.0. The summed E-state index contributed by atoms with van der Waals surface area (Å²) in [6, 6.07) is 73.2. The minimum atomic E-state index is 0.571. The van der Waals surface area contributed by atoms with Gasteiger partial charge in [-0.05, 0) is 117 Å². The van der Waals surface area contributed by atoms with Crippen molar-refractivity contribution in [1.82, 2.24) is 19.5 Å². The molecule has 0 radical (unpaired) electrons. The lowest BCUT2D eigenvalue weighted by molar-refractivity contribution is 0.669. The highest BCUT2D eigenvalue weighted by atomic mass is 16.3. The molecule has 0 N–H and O–H groups in total. The van der Waals surface area contributed by atoms with Gasteiger partial charge in [0.15, 0.2) is 17.5 Å². The Hall–Kier alpha value is -8.67. The molecule has 0 atom stereocenters. The summed E-state index contributed by atoms with van der Waals surface area (Å²) >= 11 is 0. The summed E-state index contributed by atoms with van der Waals surface area (Å²) in [5, 5.41) is 9.00. The summed E-state index contributed by atoms with van der Waals surface area (Å²) in [4.78, 5) is 16.2. The van der Waals surface area contributed by atoms with Crippen molar-refractivity contribution in [1.29, 1.82) is 0 Å². The lowest BCUT2D eigenvalue weighted by atomic mass is 9.95. The van der Waals surface area contributed by atoms with Gasteiger partial charge in [0.05, 0.1) is 22.1 Å². The van der Waals surface area contributed by atoms with Crippen molar-refractivity contribution in [2.24, 2.45) is 0 Å². The van der Waals surface area contributed by atoms with Crippen molar-refractivity contribution in [3.63, 3.8) is 0 Å². The molecule has 0 bridgehead atoms. The van der Waals surface area contributed by atoms with Gasteiger partial charge in [0.25, 0.3) is 0 Å². The van der Waals surface area contributed by atoms with E-state index in [0.29, 0.717) is 17.5 Å². The average molecular weight is 845 g/mol. The maximum atomic E-state index is 6.82. The maximum absolute atomic E-state index is 6.82. The Morgan fingerprint density at radius 2 is 0.909 bits per heavy atom. The van der Waals surface area contributed by atoms with E-state index in [1.54, 1.807) is 0 Å². The average Bonchev–Trinajstić information content (AvgIpc) is 3.89. The van der Waals surface area contributed by atoms with E-state index in [1.165, 1.54) is 38.2 Å². The zero-order chi connectivity index (χ0) is 43.9. The van der Waals surface area contributed by atoms with Gasteiger partial charge in [-0.3, -0.25) is 0 Å². The summed E-state index contributed by atoms with van der Waals surface area (Å²) in [5.74, 6) is 1.77. The molecule has 0 unspecified atom stereocenters. The molecule has 310 valence electrons. The number of hydrogen-bond donors (Lipinski definition) is 0. The van der Waals surface area contributed by atoms with Crippen LogP contribution in [0, 0.1) is 13.8 Å². The van der Waals surface area contributed by atoms with Crippen molar-refractivity contribution in [3.05, 3.63) is 217 Å². The summed E-state index contributed by atoms with van der Waals surface area (Å²) < 4.78 is 9.24. The molecular formula is C61H40N4O.